The van der Waals surface area contributed by atoms with Gasteiger partial charge in [-0.05, 0) is 107 Å². The number of para-hydroxylation sites is 2. The number of benzene rings is 8. The minimum atomic E-state index is -4.13. The molecule has 0 unspecified atom stereocenters. The van der Waals surface area contributed by atoms with Crippen LogP contribution in [-0.2, 0) is 39.3 Å². The first-order valence-corrected chi connectivity index (χ1v) is 25.3. The van der Waals surface area contributed by atoms with Crippen molar-refractivity contribution in [3.05, 3.63) is 170 Å². The lowest BCUT2D eigenvalue weighted by atomic mass is 10.0. The predicted octanol–water partition coefficient (Wildman–Crippen LogP) is 9.51. The molecule has 4 heterocycles. The van der Waals surface area contributed by atoms with E-state index < -0.39 is 39.3 Å². The molecule has 0 atom stereocenters. The summed E-state index contributed by atoms with van der Waals surface area (Å²) in [5, 5.41) is 3.62. The molecular formula is C48H28N2O8S4. The van der Waals surface area contributed by atoms with E-state index >= 15 is 0 Å². The average Bonchev–Trinajstić information content (AvgIpc) is 3.79. The number of aromatic nitrogens is 2. The van der Waals surface area contributed by atoms with Crippen LogP contribution in [0.5, 0.6) is 0 Å². The molecule has 0 bridgehead atoms. The van der Waals surface area contributed by atoms with Crippen molar-refractivity contribution >= 4 is 83.0 Å². The van der Waals surface area contributed by atoms with Crippen molar-refractivity contribution in [1.82, 2.24) is 9.35 Å². The average molecular weight is 889 g/mol. The lowest BCUT2D eigenvalue weighted by molar-refractivity contribution is 0.570. The highest BCUT2D eigenvalue weighted by Crippen LogP contribution is 2.45. The third-order valence-corrected chi connectivity index (χ3v) is 20.0. The zero-order valence-corrected chi connectivity index (χ0v) is 35.2. The Hall–Kier alpha value is -6.84. The van der Waals surface area contributed by atoms with Gasteiger partial charge in [0.1, 0.15) is 0 Å². The van der Waals surface area contributed by atoms with E-state index in [-0.39, 0.29) is 39.2 Å². The van der Waals surface area contributed by atoms with Gasteiger partial charge in [-0.2, -0.15) is 0 Å². The van der Waals surface area contributed by atoms with Gasteiger partial charge >= 0.3 is 0 Å². The summed E-state index contributed by atoms with van der Waals surface area (Å²) in [5.74, 6) is 0. The Morgan fingerprint density at radius 2 is 0.516 bits per heavy atom. The summed E-state index contributed by atoms with van der Waals surface area (Å²) < 4.78 is 114. The molecule has 2 aliphatic rings. The van der Waals surface area contributed by atoms with Crippen molar-refractivity contribution in [2.45, 2.75) is 39.2 Å². The topological polar surface area (TPSA) is 146 Å². The molecule has 0 N–H and O–H groups in total. The van der Waals surface area contributed by atoms with Gasteiger partial charge in [-0.25, -0.2) is 43.0 Å². The molecule has 12 rings (SSSR count). The summed E-state index contributed by atoms with van der Waals surface area (Å²) in [6.45, 7) is 0. The third-order valence-electron chi connectivity index (χ3n) is 12.1. The van der Waals surface area contributed by atoms with Crippen molar-refractivity contribution in [1.29, 1.82) is 0 Å². The van der Waals surface area contributed by atoms with Crippen LogP contribution in [0.4, 0.5) is 0 Å². The number of sulfone groups is 4. The Labute approximate surface area is 355 Å². The van der Waals surface area contributed by atoms with Gasteiger partial charge < -0.3 is 0 Å². The van der Waals surface area contributed by atoms with Gasteiger partial charge in [0.15, 0.2) is 0 Å². The molecule has 14 heteroatoms. The van der Waals surface area contributed by atoms with E-state index in [1.807, 2.05) is 84.9 Å². The largest absolute Gasteiger partial charge is 0.248 e. The maximum atomic E-state index is 13.8. The standard InChI is InChI=1S/C48H28N2O8S4/c51-59(52)41-13-5-7-15-43(41)61(55,56)47-27-31(19-23-45(47)59)29-17-21-39-35(25-29)33-9-1-3-11-37(33)49(39)50-38-12-4-2-10-34(38)36-26-30(18-22-40(36)50)32-20-24-46-48(28-32)62(57,58)44-16-8-6-14-42(44)60(46,53)54/h1-28H. The Morgan fingerprint density at radius 3 is 0.903 bits per heavy atom. The molecule has 0 saturated carbocycles. The highest BCUT2D eigenvalue weighted by Gasteiger charge is 2.40. The molecule has 0 spiro atoms. The summed E-state index contributed by atoms with van der Waals surface area (Å²) >= 11 is 0. The molecule has 62 heavy (non-hydrogen) atoms. The molecule has 0 fully saturated rings. The number of nitrogens with zero attached hydrogens (tertiary/aromatic N) is 2. The van der Waals surface area contributed by atoms with Gasteiger partial charge in [-0.15, -0.1) is 0 Å². The van der Waals surface area contributed by atoms with Crippen molar-refractivity contribution in [2.24, 2.45) is 0 Å². The molecule has 2 aromatic heterocycles. The smallest absolute Gasteiger partial charge is 0.209 e. The van der Waals surface area contributed by atoms with Crippen LogP contribution in [0.2, 0.25) is 0 Å². The fourth-order valence-electron chi connectivity index (χ4n) is 9.20. The van der Waals surface area contributed by atoms with E-state index in [1.165, 1.54) is 72.8 Å². The van der Waals surface area contributed by atoms with Crippen LogP contribution < -0.4 is 0 Å². The van der Waals surface area contributed by atoms with Gasteiger partial charge in [0, 0.05) is 21.5 Å². The first-order valence-electron chi connectivity index (χ1n) is 19.3. The fraction of sp³-hybridized carbons (Fsp3) is 0. The van der Waals surface area contributed by atoms with E-state index in [0.29, 0.717) is 22.3 Å². The van der Waals surface area contributed by atoms with Gasteiger partial charge in [-0.3, -0.25) is 0 Å². The van der Waals surface area contributed by atoms with E-state index in [9.17, 15) is 33.7 Å². The maximum absolute atomic E-state index is 13.8. The number of rotatable bonds is 3. The van der Waals surface area contributed by atoms with Crippen molar-refractivity contribution in [2.75, 3.05) is 0 Å². The molecule has 0 saturated heterocycles. The van der Waals surface area contributed by atoms with Crippen LogP contribution in [0.15, 0.2) is 209 Å². The summed E-state index contributed by atoms with van der Waals surface area (Å²) in [4.78, 5) is -1.94. The zero-order valence-electron chi connectivity index (χ0n) is 32.0. The predicted molar refractivity (Wildman–Crippen MR) is 235 cm³/mol. The second-order valence-electron chi connectivity index (χ2n) is 15.4. The Bertz CT molecular complexity index is 3900. The Morgan fingerprint density at radius 1 is 0.242 bits per heavy atom. The maximum Gasteiger partial charge on any atom is 0.209 e. The van der Waals surface area contributed by atoms with Gasteiger partial charge in [0.2, 0.25) is 39.3 Å². The number of hydrogen-bond acceptors (Lipinski definition) is 8. The van der Waals surface area contributed by atoms with E-state index in [1.54, 1.807) is 12.1 Å². The Balaban J connectivity index is 1.03. The second kappa shape index (κ2) is 12.4. The van der Waals surface area contributed by atoms with Crippen LogP contribution in [0.3, 0.4) is 0 Å². The van der Waals surface area contributed by atoms with Crippen LogP contribution in [0, 0.1) is 0 Å². The third kappa shape index (κ3) is 4.82. The monoisotopic (exact) mass is 888 g/mol. The number of hydrogen-bond donors (Lipinski definition) is 0. The quantitative estimate of drug-likeness (QED) is 0.171. The minimum absolute atomic E-state index is 0.228. The summed E-state index contributed by atoms with van der Waals surface area (Å²) in [6.07, 6.45) is 0. The first kappa shape index (κ1) is 37.0. The Kier molecular flexibility index (Phi) is 7.38. The molecular weight excluding hydrogens is 861 g/mol. The van der Waals surface area contributed by atoms with E-state index in [2.05, 4.69) is 9.35 Å². The molecule has 0 aliphatic carbocycles. The molecule has 302 valence electrons. The lowest BCUT2D eigenvalue weighted by Crippen LogP contribution is -2.19. The highest BCUT2D eigenvalue weighted by molar-refractivity contribution is 7.98. The molecule has 10 aromatic rings. The van der Waals surface area contributed by atoms with E-state index in [4.69, 9.17) is 0 Å². The van der Waals surface area contributed by atoms with Gasteiger partial charge in [-0.1, -0.05) is 84.9 Å². The van der Waals surface area contributed by atoms with Gasteiger partial charge in [0.25, 0.3) is 0 Å². The normalized spacial score (nSPS) is 16.5. The van der Waals surface area contributed by atoms with Crippen LogP contribution in [0.25, 0.3) is 65.9 Å². The molecule has 10 nitrogen and oxygen atoms in total. The highest BCUT2D eigenvalue weighted by atomic mass is 32.2. The summed E-state index contributed by atoms with van der Waals surface area (Å²) in [7, 11) is -16.4. The van der Waals surface area contributed by atoms with Gasteiger partial charge in [0.05, 0.1) is 61.2 Å². The molecule has 0 radical (unpaired) electrons. The lowest BCUT2D eigenvalue weighted by Gasteiger charge is -2.20. The van der Waals surface area contributed by atoms with Crippen LogP contribution >= 0.6 is 0 Å². The molecule has 2 aliphatic heterocycles. The zero-order chi connectivity index (χ0) is 42.5. The molecule has 8 aromatic carbocycles. The van der Waals surface area contributed by atoms with Crippen LogP contribution in [-0.4, -0.2) is 43.0 Å². The van der Waals surface area contributed by atoms with Crippen LogP contribution in [0.1, 0.15) is 0 Å². The van der Waals surface area contributed by atoms with Crippen molar-refractivity contribution in [3.8, 4) is 22.3 Å². The molecule has 0 amide bonds. The summed E-state index contributed by atoms with van der Waals surface area (Å²) in [6, 6.07) is 47.9. The minimum Gasteiger partial charge on any atom is -0.248 e. The first-order chi connectivity index (χ1) is 29.8. The van der Waals surface area contributed by atoms with Crippen molar-refractivity contribution in [3.63, 3.8) is 0 Å². The SMILES string of the molecule is O=S1(=O)c2ccccc2S(=O)(=O)c2cc(-c3ccc4c(c3)c3ccccc3n4-n3c4ccccc4c4cc(-c5ccc6c(c5)S(=O)(=O)c5ccccc5S6(=O)=O)ccc43)ccc21. The second-order valence-corrected chi connectivity index (χ2v) is 22.9. The summed E-state index contributed by atoms with van der Waals surface area (Å²) in [5.41, 5.74) is 5.97. The number of fused-ring (bicyclic) bond motifs is 10. The van der Waals surface area contributed by atoms with E-state index in [0.717, 1.165) is 43.6 Å². The van der Waals surface area contributed by atoms with Crippen molar-refractivity contribution < 1.29 is 33.7 Å². The fourth-order valence-corrected chi connectivity index (χ4v) is 17.5.